The van der Waals surface area contributed by atoms with Crippen molar-refractivity contribution < 1.29 is 4.40 Å². The first-order valence-electron chi connectivity index (χ1n) is 13.6. The molecule has 2 aromatic carbocycles. The Labute approximate surface area is 227 Å². The maximum Gasteiger partial charge on any atom is 0.428 e. The first-order chi connectivity index (χ1) is 19.0. The largest absolute Gasteiger partial charge is 0.428 e. The molecule has 0 bridgehead atoms. The van der Waals surface area contributed by atoms with Gasteiger partial charge in [0.15, 0.2) is 0 Å². The van der Waals surface area contributed by atoms with Crippen molar-refractivity contribution in [3.8, 4) is 22.4 Å². The Bertz CT molecular complexity index is 1680. The van der Waals surface area contributed by atoms with Gasteiger partial charge in [-0.3, -0.25) is 4.98 Å². The van der Waals surface area contributed by atoms with E-state index in [-0.39, 0.29) is 11.6 Å². The minimum atomic E-state index is -0.241. The number of piperidine rings is 1. The number of hydrogen-bond acceptors (Lipinski definition) is 5. The molecule has 3 aromatic heterocycles. The third-order valence-electron chi connectivity index (χ3n) is 7.65. The average Bonchev–Trinajstić information content (AvgIpc) is 3.26. The van der Waals surface area contributed by atoms with Crippen LogP contribution in [0, 0.1) is 19.8 Å². The number of fused-ring (bicyclic) bond motifs is 1. The summed E-state index contributed by atoms with van der Waals surface area (Å²) in [6.45, 7) is 6.51. The lowest BCUT2D eigenvalue weighted by Gasteiger charge is -2.23. The van der Waals surface area contributed by atoms with Gasteiger partial charge in [0.2, 0.25) is 5.65 Å². The number of pyridine rings is 1. The second-order valence-electron chi connectivity index (χ2n) is 10.5. The van der Waals surface area contributed by atoms with Gasteiger partial charge >= 0.3 is 11.6 Å². The number of anilines is 1. The molecule has 0 spiro atoms. The molecule has 39 heavy (non-hydrogen) atoms. The van der Waals surface area contributed by atoms with Gasteiger partial charge in [-0.2, -0.15) is 4.68 Å². The molecule has 0 atom stereocenters. The minimum Gasteiger partial charge on any atom is -0.319 e. The van der Waals surface area contributed by atoms with Crippen LogP contribution >= 0.6 is 0 Å². The number of aryl methyl sites for hydroxylation is 2. The molecule has 198 valence electrons. The molecule has 0 amide bonds. The van der Waals surface area contributed by atoms with E-state index in [1.165, 1.54) is 22.8 Å². The van der Waals surface area contributed by atoms with E-state index in [0.29, 0.717) is 18.1 Å². The van der Waals surface area contributed by atoms with Crippen molar-refractivity contribution in [2.45, 2.75) is 39.7 Å². The van der Waals surface area contributed by atoms with Crippen LogP contribution in [0.2, 0.25) is 0 Å². The van der Waals surface area contributed by atoms with Crippen LogP contribution in [0.5, 0.6) is 0 Å². The highest BCUT2D eigenvalue weighted by molar-refractivity contribution is 5.88. The smallest absolute Gasteiger partial charge is 0.319 e. The van der Waals surface area contributed by atoms with Crippen LogP contribution in [0.1, 0.15) is 35.4 Å². The van der Waals surface area contributed by atoms with Crippen molar-refractivity contribution >= 4 is 11.6 Å². The predicted octanol–water partition coefficient (Wildman–Crippen LogP) is 3.83. The first-order valence-corrected chi connectivity index (χ1v) is 13.6. The van der Waals surface area contributed by atoms with E-state index in [2.05, 4.69) is 33.6 Å². The third kappa shape index (κ3) is 4.95. The zero-order chi connectivity index (χ0) is 26.9. The highest BCUT2D eigenvalue weighted by Gasteiger charge is 2.26. The van der Waals surface area contributed by atoms with E-state index in [0.717, 1.165) is 58.8 Å². The zero-order valence-corrected chi connectivity index (χ0v) is 22.4. The van der Waals surface area contributed by atoms with Crippen LogP contribution in [0.15, 0.2) is 71.5 Å². The van der Waals surface area contributed by atoms with Crippen molar-refractivity contribution in [1.82, 2.24) is 25.1 Å². The normalized spacial score (nSPS) is 14.2. The van der Waals surface area contributed by atoms with Gasteiger partial charge in [-0.15, -0.1) is 9.38 Å². The molecule has 0 unspecified atom stereocenters. The van der Waals surface area contributed by atoms with Crippen LogP contribution in [0.4, 0.5) is 5.95 Å². The molecule has 1 saturated heterocycles. The third-order valence-corrected chi connectivity index (χ3v) is 7.65. The van der Waals surface area contributed by atoms with E-state index in [1.54, 1.807) is 4.68 Å². The molecule has 8 heteroatoms. The first kappa shape index (κ1) is 25.0. The summed E-state index contributed by atoms with van der Waals surface area (Å²) in [5.74, 6) is 0.803. The maximum absolute atomic E-state index is 13.8. The summed E-state index contributed by atoms with van der Waals surface area (Å²) < 4.78 is 3.14. The monoisotopic (exact) mass is 520 g/mol. The van der Waals surface area contributed by atoms with Gasteiger partial charge in [0, 0.05) is 17.0 Å². The number of aromatic amines is 1. The van der Waals surface area contributed by atoms with E-state index < -0.39 is 0 Å². The summed E-state index contributed by atoms with van der Waals surface area (Å²) in [6, 6.07) is 22.4. The van der Waals surface area contributed by atoms with E-state index in [4.69, 9.17) is 10.7 Å². The molecular formula is C31H34N7O+. The fourth-order valence-corrected chi connectivity index (χ4v) is 5.80. The molecule has 4 N–H and O–H groups in total. The highest BCUT2D eigenvalue weighted by Crippen LogP contribution is 2.33. The summed E-state index contributed by atoms with van der Waals surface area (Å²) in [7, 11) is 0. The maximum atomic E-state index is 13.8. The zero-order valence-electron chi connectivity index (χ0n) is 22.4. The summed E-state index contributed by atoms with van der Waals surface area (Å²) in [4.78, 5) is 23.1. The molecule has 5 aromatic rings. The van der Waals surface area contributed by atoms with Crippen molar-refractivity contribution in [2.24, 2.45) is 5.92 Å². The molecule has 6 rings (SSSR count). The summed E-state index contributed by atoms with van der Waals surface area (Å²) in [5, 5.41) is 6.87. The van der Waals surface area contributed by atoms with Gasteiger partial charge in [-0.25, -0.2) is 9.89 Å². The Hall–Kier alpha value is -4.30. The second-order valence-corrected chi connectivity index (χ2v) is 10.5. The number of nitrogens with two attached hydrogens (primary N) is 1. The Balaban J connectivity index is 1.51. The number of benzene rings is 2. The van der Waals surface area contributed by atoms with Crippen LogP contribution in [-0.2, 0) is 13.0 Å². The van der Waals surface area contributed by atoms with Gasteiger partial charge in [0.05, 0.1) is 5.56 Å². The summed E-state index contributed by atoms with van der Waals surface area (Å²) in [6.07, 6.45) is 3.37. The molecular weight excluding hydrogens is 486 g/mol. The van der Waals surface area contributed by atoms with E-state index in [1.807, 2.05) is 62.4 Å². The van der Waals surface area contributed by atoms with Crippen molar-refractivity contribution in [1.29, 1.82) is 0 Å². The van der Waals surface area contributed by atoms with Crippen molar-refractivity contribution in [3.05, 3.63) is 99.7 Å². The van der Waals surface area contributed by atoms with Crippen LogP contribution in [0.25, 0.3) is 28.0 Å². The van der Waals surface area contributed by atoms with E-state index in [9.17, 15) is 4.79 Å². The number of nitrogen functional groups attached to an aromatic ring is 1. The van der Waals surface area contributed by atoms with Crippen LogP contribution < -0.4 is 21.1 Å². The fraction of sp³-hybridized carbons (Fsp3) is 0.290. The van der Waals surface area contributed by atoms with Crippen LogP contribution in [0.3, 0.4) is 0 Å². The predicted molar refractivity (Wildman–Crippen MR) is 153 cm³/mol. The van der Waals surface area contributed by atoms with Gasteiger partial charge in [-0.1, -0.05) is 54.6 Å². The number of aromatic nitrogens is 5. The van der Waals surface area contributed by atoms with Crippen molar-refractivity contribution in [3.63, 3.8) is 0 Å². The lowest BCUT2D eigenvalue weighted by Crippen LogP contribution is -2.44. The molecule has 1 aliphatic heterocycles. The standard InChI is InChI=1S/C31H33N7O/c1-20-16-26(17-21(2)34-20)27-28(23-8-4-3-5-9-23)35-30(32)38-29(27)36-37(31(38)39)19-25-11-7-6-10-24(25)18-22-12-14-33-15-13-22/h3-11,16-17,22,33H,12-15,18-19H2,1-2H3,(H2,32,34,35,36)/p+1. The Morgan fingerprint density at radius 1 is 0.923 bits per heavy atom. The molecule has 1 fully saturated rings. The minimum absolute atomic E-state index is 0.151. The van der Waals surface area contributed by atoms with Gasteiger partial charge in [-0.05, 0) is 80.9 Å². The Kier molecular flexibility index (Phi) is 6.70. The number of nitrogens with one attached hydrogen (secondary N) is 2. The van der Waals surface area contributed by atoms with E-state index >= 15 is 0 Å². The molecule has 4 heterocycles. The molecule has 0 saturated carbocycles. The Morgan fingerprint density at radius 2 is 1.59 bits per heavy atom. The number of H-pyrrole nitrogens is 1. The van der Waals surface area contributed by atoms with Gasteiger partial charge < -0.3 is 11.1 Å². The van der Waals surface area contributed by atoms with Gasteiger partial charge in [0.1, 0.15) is 12.2 Å². The SMILES string of the molecule is Cc1cc(-c2c(-c3ccccc3)nc(N)[n+]3c(=O)n(Cc4ccccc4CC4CCNCC4)[nH]c23)cc(C)n1. The van der Waals surface area contributed by atoms with Crippen LogP contribution in [-0.4, -0.2) is 32.8 Å². The molecule has 0 radical (unpaired) electrons. The van der Waals surface area contributed by atoms with Crippen molar-refractivity contribution in [2.75, 3.05) is 18.8 Å². The highest BCUT2D eigenvalue weighted by atomic mass is 16.2. The lowest BCUT2D eigenvalue weighted by molar-refractivity contribution is -0.516. The summed E-state index contributed by atoms with van der Waals surface area (Å²) in [5.41, 5.74) is 14.5. The molecule has 1 aliphatic rings. The lowest BCUT2D eigenvalue weighted by atomic mass is 9.89. The number of rotatable bonds is 6. The molecule has 8 nitrogen and oxygen atoms in total. The number of nitrogens with zero attached hydrogens (tertiary/aromatic N) is 4. The number of hydrogen-bond donors (Lipinski definition) is 3. The topological polar surface area (TPSA) is 106 Å². The average molecular weight is 521 g/mol. The fourth-order valence-electron chi connectivity index (χ4n) is 5.80. The summed E-state index contributed by atoms with van der Waals surface area (Å²) >= 11 is 0. The quantitative estimate of drug-likeness (QED) is 0.295. The van der Waals surface area contributed by atoms with Gasteiger partial charge in [0.25, 0.3) is 0 Å². The molecule has 0 aliphatic carbocycles. The Morgan fingerprint density at radius 3 is 2.31 bits per heavy atom. The second kappa shape index (κ2) is 10.5.